The fourth-order valence-electron chi connectivity index (χ4n) is 1.72. The Morgan fingerprint density at radius 3 is 2.41 bits per heavy atom. The van der Waals surface area contributed by atoms with E-state index in [1.165, 1.54) is 6.92 Å². The van der Waals surface area contributed by atoms with Gasteiger partial charge < -0.3 is 15.2 Å². The third kappa shape index (κ3) is 4.69. The van der Waals surface area contributed by atoms with Gasteiger partial charge in [-0.1, -0.05) is 18.2 Å². The molecule has 1 aromatic carbocycles. The van der Waals surface area contributed by atoms with Crippen LogP contribution in [0.15, 0.2) is 35.4 Å². The van der Waals surface area contributed by atoms with Crippen LogP contribution in [0.4, 0.5) is 5.69 Å². The summed E-state index contributed by atoms with van der Waals surface area (Å²) in [7, 11) is 1.69. The molecule has 0 radical (unpaired) electrons. The average molecular weight is 305 g/mol. The number of para-hydroxylation sites is 1. The fraction of sp³-hybridized carbons (Fsp3) is 0.333. The molecule has 118 valence electrons. The number of aldehydes is 1. The average Bonchev–Trinajstić information content (AvgIpc) is 2.48. The van der Waals surface area contributed by atoms with Gasteiger partial charge in [0.1, 0.15) is 18.2 Å². The van der Waals surface area contributed by atoms with Crippen molar-refractivity contribution in [2.75, 3.05) is 12.1 Å². The van der Waals surface area contributed by atoms with E-state index < -0.39 is 23.8 Å². The summed E-state index contributed by atoms with van der Waals surface area (Å²) in [5.41, 5.74) is 1.07. The van der Waals surface area contributed by atoms with Gasteiger partial charge in [0.2, 0.25) is 5.91 Å². The van der Waals surface area contributed by atoms with Crippen molar-refractivity contribution in [3.05, 3.63) is 30.3 Å². The molecule has 0 fully saturated rings. The highest BCUT2D eigenvalue weighted by atomic mass is 16.4. The molecule has 2 unspecified atom stereocenters. The van der Waals surface area contributed by atoms with Crippen molar-refractivity contribution in [1.29, 1.82) is 0 Å². The topological polar surface area (TPSA) is 99.1 Å². The van der Waals surface area contributed by atoms with Crippen molar-refractivity contribution in [3.63, 3.8) is 0 Å². The number of aliphatic carboxylic acids is 1. The first kappa shape index (κ1) is 17.4. The molecule has 1 aromatic rings. The third-order valence-corrected chi connectivity index (χ3v) is 3.04. The Hall–Kier alpha value is -2.70. The van der Waals surface area contributed by atoms with E-state index in [0.717, 1.165) is 5.69 Å². The van der Waals surface area contributed by atoms with Crippen LogP contribution in [0.2, 0.25) is 0 Å². The molecule has 2 atom stereocenters. The van der Waals surface area contributed by atoms with E-state index in [9.17, 15) is 14.4 Å². The molecular weight excluding hydrogens is 286 g/mol. The van der Waals surface area contributed by atoms with Crippen LogP contribution in [-0.4, -0.2) is 42.1 Å². The van der Waals surface area contributed by atoms with Gasteiger partial charge >= 0.3 is 5.97 Å². The largest absolute Gasteiger partial charge is 0.480 e. The first-order valence-corrected chi connectivity index (χ1v) is 6.69. The van der Waals surface area contributed by atoms with Crippen LogP contribution in [0, 0.1) is 5.92 Å². The molecule has 0 heterocycles. The second kappa shape index (κ2) is 7.92. The normalized spacial score (nSPS) is 13.9. The van der Waals surface area contributed by atoms with Gasteiger partial charge in [0.25, 0.3) is 0 Å². The van der Waals surface area contributed by atoms with Crippen molar-refractivity contribution in [3.8, 4) is 0 Å². The SMILES string of the molecule is C/C(=N/N(C)c1ccccc1)C(C=O)C(=O)NC(C)C(=O)O. The van der Waals surface area contributed by atoms with Crippen molar-refractivity contribution >= 4 is 29.6 Å². The van der Waals surface area contributed by atoms with Crippen LogP contribution in [-0.2, 0) is 14.4 Å². The van der Waals surface area contributed by atoms with Gasteiger partial charge in [0.15, 0.2) is 0 Å². The van der Waals surface area contributed by atoms with E-state index in [1.807, 2.05) is 30.3 Å². The summed E-state index contributed by atoms with van der Waals surface area (Å²) in [5, 5.41) is 16.8. The molecule has 0 saturated heterocycles. The number of carboxylic acids is 1. The van der Waals surface area contributed by atoms with Crippen molar-refractivity contribution < 1.29 is 19.5 Å². The number of hydrazone groups is 1. The molecule has 2 N–H and O–H groups in total. The van der Waals surface area contributed by atoms with Gasteiger partial charge in [-0.05, 0) is 26.0 Å². The molecule has 0 bridgehead atoms. The monoisotopic (exact) mass is 305 g/mol. The van der Waals surface area contributed by atoms with Crippen LogP contribution in [0.25, 0.3) is 0 Å². The maximum absolute atomic E-state index is 11.9. The zero-order valence-electron chi connectivity index (χ0n) is 12.7. The van der Waals surface area contributed by atoms with Crippen molar-refractivity contribution in [2.24, 2.45) is 11.0 Å². The van der Waals surface area contributed by atoms with Gasteiger partial charge in [-0.15, -0.1) is 0 Å². The number of hydrogen-bond donors (Lipinski definition) is 2. The number of anilines is 1. The van der Waals surface area contributed by atoms with E-state index in [4.69, 9.17) is 5.11 Å². The minimum atomic E-state index is -1.17. The minimum Gasteiger partial charge on any atom is -0.480 e. The van der Waals surface area contributed by atoms with Gasteiger partial charge in [0.05, 0.1) is 11.4 Å². The Morgan fingerprint density at radius 1 is 1.32 bits per heavy atom. The second-order valence-corrected chi connectivity index (χ2v) is 4.78. The number of hydrogen-bond acceptors (Lipinski definition) is 5. The third-order valence-electron chi connectivity index (χ3n) is 3.04. The van der Waals surface area contributed by atoms with E-state index >= 15 is 0 Å². The molecule has 0 aliphatic heterocycles. The van der Waals surface area contributed by atoms with Gasteiger partial charge in [-0.3, -0.25) is 14.6 Å². The van der Waals surface area contributed by atoms with Crippen molar-refractivity contribution in [2.45, 2.75) is 19.9 Å². The summed E-state index contributed by atoms with van der Waals surface area (Å²) in [6.07, 6.45) is 0.446. The smallest absolute Gasteiger partial charge is 0.325 e. The lowest BCUT2D eigenvalue weighted by Crippen LogP contribution is -2.44. The number of carbonyl (C=O) groups is 3. The summed E-state index contributed by atoms with van der Waals surface area (Å²) in [4.78, 5) is 33.8. The Kier molecular flexibility index (Phi) is 6.25. The highest BCUT2D eigenvalue weighted by Gasteiger charge is 2.25. The van der Waals surface area contributed by atoms with Crippen LogP contribution in [0.3, 0.4) is 0 Å². The Balaban J connectivity index is 2.85. The zero-order chi connectivity index (χ0) is 16.7. The highest BCUT2D eigenvalue weighted by molar-refractivity contribution is 6.14. The molecule has 1 amide bonds. The summed E-state index contributed by atoms with van der Waals surface area (Å²) in [5.74, 6) is -2.99. The summed E-state index contributed by atoms with van der Waals surface area (Å²) in [6, 6.07) is 8.14. The van der Waals surface area contributed by atoms with E-state index in [1.54, 1.807) is 19.0 Å². The molecule has 22 heavy (non-hydrogen) atoms. The molecule has 0 saturated carbocycles. The Labute approximate surface area is 128 Å². The molecule has 7 heteroatoms. The Morgan fingerprint density at radius 2 is 1.91 bits per heavy atom. The summed E-state index contributed by atoms with van der Waals surface area (Å²) >= 11 is 0. The number of nitrogens with zero attached hydrogens (tertiary/aromatic N) is 2. The number of carboxylic acid groups (broad SMARTS) is 1. The zero-order valence-corrected chi connectivity index (χ0v) is 12.7. The molecule has 1 rings (SSSR count). The molecule has 7 nitrogen and oxygen atoms in total. The minimum absolute atomic E-state index is 0.274. The molecule has 0 aliphatic carbocycles. The van der Waals surface area contributed by atoms with E-state index in [2.05, 4.69) is 10.4 Å². The number of rotatable bonds is 7. The number of amides is 1. The molecule has 0 spiro atoms. The van der Waals surface area contributed by atoms with Crippen LogP contribution in [0.5, 0.6) is 0 Å². The van der Waals surface area contributed by atoms with Crippen molar-refractivity contribution in [1.82, 2.24) is 5.32 Å². The van der Waals surface area contributed by atoms with Crippen LogP contribution < -0.4 is 10.3 Å². The summed E-state index contributed by atoms with van der Waals surface area (Å²) < 4.78 is 0. The van der Waals surface area contributed by atoms with Gasteiger partial charge in [-0.25, -0.2) is 0 Å². The highest BCUT2D eigenvalue weighted by Crippen LogP contribution is 2.12. The predicted molar refractivity (Wildman–Crippen MR) is 82.7 cm³/mol. The number of carbonyl (C=O) groups excluding carboxylic acids is 2. The summed E-state index contributed by atoms with van der Waals surface area (Å²) in [6.45, 7) is 2.87. The lowest BCUT2D eigenvalue weighted by atomic mass is 10.1. The molecular formula is C15H19N3O4. The second-order valence-electron chi connectivity index (χ2n) is 4.78. The lowest BCUT2D eigenvalue weighted by molar-refractivity contribution is -0.142. The van der Waals surface area contributed by atoms with E-state index in [0.29, 0.717) is 6.29 Å². The quantitative estimate of drug-likeness (QED) is 0.337. The lowest BCUT2D eigenvalue weighted by Gasteiger charge is -2.17. The Bertz CT molecular complexity index is 571. The van der Waals surface area contributed by atoms with Gasteiger partial charge in [-0.2, -0.15) is 5.10 Å². The predicted octanol–water partition coefficient (Wildman–Crippen LogP) is 0.903. The fourth-order valence-corrected chi connectivity index (χ4v) is 1.72. The molecule has 0 aromatic heterocycles. The van der Waals surface area contributed by atoms with Crippen LogP contribution >= 0.6 is 0 Å². The maximum atomic E-state index is 11.9. The van der Waals surface area contributed by atoms with E-state index in [-0.39, 0.29) is 5.71 Å². The maximum Gasteiger partial charge on any atom is 0.325 e. The standard InChI is InChI=1S/C15H19N3O4/c1-10(17-18(3)12-7-5-4-6-8-12)13(9-19)14(20)16-11(2)15(21)22/h4-9,11,13H,1-3H3,(H,16,20)(H,21,22)/b17-10-. The first-order chi connectivity index (χ1) is 10.4. The number of benzene rings is 1. The first-order valence-electron chi connectivity index (χ1n) is 6.69. The van der Waals surface area contributed by atoms with Crippen LogP contribution in [0.1, 0.15) is 13.8 Å². The number of nitrogens with one attached hydrogen (secondary N) is 1. The van der Waals surface area contributed by atoms with Gasteiger partial charge in [0, 0.05) is 7.05 Å². The molecule has 0 aliphatic rings.